The van der Waals surface area contributed by atoms with Gasteiger partial charge < -0.3 is 4.98 Å². The smallest absolute Gasteiger partial charge is 0.155 e. The van der Waals surface area contributed by atoms with Gasteiger partial charge in [-0.2, -0.15) is 0 Å². The minimum Gasteiger partial charge on any atom is -0.361 e. The average Bonchev–Trinajstić information content (AvgIpc) is 2.76. The molecule has 2 aromatic rings. The fourth-order valence-electron chi connectivity index (χ4n) is 2.37. The van der Waals surface area contributed by atoms with Crippen molar-refractivity contribution in [1.82, 2.24) is 4.98 Å². The summed E-state index contributed by atoms with van der Waals surface area (Å²) in [6, 6.07) is 8.27. The van der Waals surface area contributed by atoms with Crippen LogP contribution in [0.2, 0.25) is 0 Å². The van der Waals surface area contributed by atoms with Gasteiger partial charge in [0.2, 0.25) is 0 Å². The number of aromatic nitrogens is 1. The number of carbonyl (C=O) groups excluding carboxylic acids is 1. The van der Waals surface area contributed by atoms with Gasteiger partial charge in [0.1, 0.15) is 0 Å². The predicted octanol–water partition coefficient (Wildman–Crippen LogP) is 3.30. The zero-order valence-corrected chi connectivity index (χ0v) is 8.99. The number of aromatic amines is 1. The molecule has 0 saturated heterocycles. The monoisotopic (exact) mass is 211 g/mol. The van der Waals surface area contributed by atoms with E-state index in [1.165, 1.54) is 16.5 Å². The van der Waals surface area contributed by atoms with Gasteiger partial charge in [0.05, 0.1) is 0 Å². The fourth-order valence-corrected chi connectivity index (χ4v) is 2.37. The summed E-state index contributed by atoms with van der Waals surface area (Å²) in [4.78, 5) is 14.6. The second-order valence-electron chi connectivity index (χ2n) is 4.23. The molecule has 0 fully saturated rings. The summed E-state index contributed by atoms with van der Waals surface area (Å²) in [5.41, 5.74) is 3.52. The Morgan fingerprint density at radius 3 is 2.94 bits per heavy atom. The molecule has 1 heterocycles. The number of benzene rings is 1. The number of nitrogens with one attached hydrogen (secondary N) is 1. The second kappa shape index (κ2) is 3.63. The van der Waals surface area contributed by atoms with Crippen LogP contribution in [-0.4, -0.2) is 10.8 Å². The number of carbonyl (C=O) groups is 1. The number of hydrogen-bond donors (Lipinski definition) is 1. The van der Waals surface area contributed by atoms with Gasteiger partial charge in [0, 0.05) is 23.5 Å². The first kappa shape index (κ1) is 9.40. The molecule has 0 unspecified atom stereocenters. The van der Waals surface area contributed by atoms with Crippen molar-refractivity contribution in [2.24, 2.45) is 0 Å². The highest BCUT2D eigenvalue weighted by Gasteiger charge is 2.13. The molecule has 1 aliphatic rings. The summed E-state index contributed by atoms with van der Waals surface area (Å²) in [6.07, 6.45) is 6.44. The van der Waals surface area contributed by atoms with Crippen LogP contribution < -0.4 is 0 Å². The van der Waals surface area contributed by atoms with Crippen LogP contribution in [0.25, 0.3) is 16.5 Å². The summed E-state index contributed by atoms with van der Waals surface area (Å²) < 4.78 is 0. The zero-order chi connectivity index (χ0) is 11.0. The van der Waals surface area contributed by atoms with E-state index in [1.54, 1.807) is 0 Å². The standard InChI is InChI=1S/C14H13NO/c16-11-4-1-3-10(9-11)12-5-2-6-14-13(12)7-8-15-14/h2,5-9,15H,1,3-4H2. The fraction of sp³-hybridized carbons (Fsp3) is 0.214. The average molecular weight is 211 g/mol. The van der Waals surface area contributed by atoms with Crippen molar-refractivity contribution in [2.45, 2.75) is 19.3 Å². The number of H-pyrrole nitrogens is 1. The Morgan fingerprint density at radius 1 is 1.12 bits per heavy atom. The first-order chi connectivity index (χ1) is 7.84. The van der Waals surface area contributed by atoms with E-state index in [1.807, 2.05) is 18.3 Å². The minimum atomic E-state index is 0.258. The first-order valence-electron chi connectivity index (χ1n) is 5.64. The topological polar surface area (TPSA) is 32.9 Å². The highest BCUT2D eigenvalue weighted by Crippen LogP contribution is 2.30. The van der Waals surface area contributed by atoms with Gasteiger partial charge >= 0.3 is 0 Å². The lowest BCUT2D eigenvalue weighted by Gasteiger charge is -2.13. The number of ketones is 1. The molecule has 2 nitrogen and oxygen atoms in total. The van der Waals surface area contributed by atoms with Gasteiger partial charge in [0.15, 0.2) is 5.78 Å². The lowest BCUT2D eigenvalue weighted by Crippen LogP contribution is -2.02. The third-order valence-electron chi connectivity index (χ3n) is 3.15. The molecule has 0 spiro atoms. The van der Waals surface area contributed by atoms with Gasteiger partial charge in [-0.3, -0.25) is 4.79 Å². The molecule has 0 aliphatic heterocycles. The van der Waals surface area contributed by atoms with E-state index >= 15 is 0 Å². The van der Waals surface area contributed by atoms with E-state index < -0.39 is 0 Å². The summed E-state index contributed by atoms with van der Waals surface area (Å²) >= 11 is 0. The molecule has 16 heavy (non-hydrogen) atoms. The van der Waals surface area contributed by atoms with E-state index in [9.17, 15) is 4.79 Å². The Morgan fingerprint density at radius 2 is 2.06 bits per heavy atom. The molecular formula is C14H13NO. The number of hydrogen-bond acceptors (Lipinski definition) is 1. The zero-order valence-electron chi connectivity index (χ0n) is 8.99. The minimum absolute atomic E-state index is 0.258. The van der Waals surface area contributed by atoms with Crippen molar-refractivity contribution in [2.75, 3.05) is 0 Å². The van der Waals surface area contributed by atoms with Crippen LogP contribution in [0.15, 0.2) is 36.5 Å². The molecule has 1 aromatic heterocycles. The Labute approximate surface area is 94.0 Å². The Balaban J connectivity index is 2.18. The Kier molecular flexibility index (Phi) is 2.13. The van der Waals surface area contributed by atoms with E-state index in [-0.39, 0.29) is 5.78 Å². The molecule has 0 amide bonds. The van der Waals surface area contributed by atoms with Gasteiger partial charge in [0.25, 0.3) is 0 Å². The van der Waals surface area contributed by atoms with Crippen molar-refractivity contribution in [1.29, 1.82) is 0 Å². The number of allylic oxidation sites excluding steroid dienone is 2. The largest absolute Gasteiger partial charge is 0.361 e. The maximum absolute atomic E-state index is 11.4. The molecule has 0 atom stereocenters. The molecular weight excluding hydrogens is 198 g/mol. The molecule has 80 valence electrons. The summed E-state index contributed by atoms with van der Waals surface area (Å²) in [5.74, 6) is 0.258. The normalized spacial score (nSPS) is 16.5. The van der Waals surface area contributed by atoms with E-state index in [4.69, 9.17) is 0 Å². The Bertz CT molecular complexity index is 577. The lowest BCUT2D eigenvalue weighted by molar-refractivity contribution is -0.114. The molecule has 0 bridgehead atoms. The molecule has 2 heteroatoms. The second-order valence-corrected chi connectivity index (χ2v) is 4.23. The maximum Gasteiger partial charge on any atom is 0.155 e. The molecule has 1 aromatic carbocycles. The predicted molar refractivity (Wildman–Crippen MR) is 65.1 cm³/mol. The summed E-state index contributed by atoms with van der Waals surface area (Å²) in [6.45, 7) is 0. The SMILES string of the molecule is O=C1C=C(c2cccc3[nH]ccc23)CCC1. The van der Waals surface area contributed by atoms with Crippen LogP contribution in [0.5, 0.6) is 0 Å². The number of fused-ring (bicyclic) bond motifs is 1. The maximum atomic E-state index is 11.4. The molecule has 1 aliphatic carbocycles. The van der Waals surface area contributed by atoms with Crippen molar-refractivity contribution < 1.29 is 4.79 Å². The van der Waals surface area contributed by atoms with Crippen LogP contribution in [-0.2, 0) is 4.79 Å². The van der Waals surface area contributed by atoms with Crippen molar-refractivity contribution >= 4 is 22.3 Å². The molecule has 0 radical (unpaired) electrons. The van der Waals surface area contributed by atoms with Gasteiger partial charge in [-0.05, 0) is 42.2 Å². The first-order valence-corrected chi connectivity index (χ1v) is 5.64. The van der Waals surface area contributed by atoms with Crippen molar-refractivity contribution in [3.05, 3.63) is 42.1 Å². The quantitative estimate of drug-likeness (QED) is 0.771. The van der Waals surface area contributed by atoms with Gasteiger partial charge in [-0.1, -0.05) is 12.1 Å². The highest BCUT2D eigenvalue weighted by atomic mass is 16.1. The van der Waals surface area contributed by atoms with E-state index in [0.29, 0.717) is 6.42 Å². The van der Waals surface area contributed by atoms with Crippen LogP contribution >= 0.6 is 0 Å². The Hall–Kier alpha value is -1.83. The molecule has 1 N–H and O–H groups in total. The summed E-state index contributed by atoms with van der Waals surface area (Å²) in [7, 11) is 0. The van der Waals surface area contributed by atoms with E-state index in [2.05, 4.69) is 23.2 Å². The van der Waals surface area contributed by atoms with Crippen LogP contribution in [0.1, 0.15) is 24.8 Å². The third kappa shape index (κ3) is 1.47. The van der Waals surface area contributed by atoms with Crippen LogP contribution in [0.4, 0.5) is 0 Å². The van der Waals surface area contributed by atoms with E-state index in [0.717, 1.165) is 18.4 Å². The van der Waals surface area contributed by atoms with Crippen molar-refractivity contribution in [3.8, 4) is 0 Å². The van der Waals surface area contributed by atoms with Gasteiger partial charge in [-0.15, -0.1) is 0 Å². The van der Waals surface area contributed by atoms with Crippen molar-refractivity contribution in [3.63, 3.8) is 0 Å². The highest BCUT2D eigenvalue weighted by molar-refractivity contribution is 6.02. The summed E-state index contributed by atoms with van der Waals surface area (Å²) in [5, 5.41) is 1.21. The lowest BCUT2D eigenvalue weighted by atomic mass is 9.91. The van der Waals surface area contributed by atoms with Crippen LogP contribution in [0.3, 0.4) is 0 Å². The third-order valence-corrected chi connectivity index (χ3v) is 3.15. The molecule has 3 rings (SSSR count). The molecule has 0 saturated carbocycles. The number of rotatable bonds is 1. The van der Waals surface area contributed by atoms with Gasteiger partial charge in [-0.25, -0.2) is 0 Å². The van der Waals surface area contributed by atoms with Crippen LogP contribution in [0, 0.1) is 0 Å².